The maximum atomic E-state index is 12.1. The molecule has 30 heavy (non-hydrogen) atoms. The summed E-state index contributed by atoms with van der Waals surface area (Å²) in [5.74, 6) is -1.19. The van der Waals surface area contributed by atoms with Gasteiger partial charge in [-0.25, -0.2) is 4.79 Å². The van der Waals surface area contributed by atoms with Crippen molar-refractivity contribution in [3.05, 3.63) is 58.7 Å². The van der Waals surface area contributed by atoms with Crippen LogP contribution in [0.1, 0.15) is 34.0 Å². The minimum absolute atomic E-state index is 0.151. The van der Waals surface area contributed by atoms with Crippen molar-refractivity contribution in [1.29, 1.82) is 0 Å². The first-order valence-electron chi connectivity index (χ1n) is 9.21. The average molecular weight is 412 g/mol. The van der Waals surface area contributed by atoms with Crippen LogP contribution in [-0.4, -0.2) is 37.4 Å². The number of carbonyl (C=O) groups excluding carboxylic acids is 4. The number of anilines is 1. The molecule has 2 N–H and O–H groups in total. The van der Waals surface area contributed by atoms with E-state index in [1.807, 2.05) is 26.0 Å². The summed E-state index contributed by atoms with van der Waals surface area (Å²) in [5, 5.41) is 4.67. The van der Waals surface area contributed by atoms with Crippen LogP contribution in [0.5, 0.6) is 5.75 Å². The fourth-order valence-corrected chi connectivity index (χ4v) is 2.76. The molecule has 3 amide bonds. The number of methoxy groups -OCH3 is 1. The zero-order valence-electron chi connectivity index (χ0n) is 17.3. The minimum atomic E-state index is -0.768. The molecule has 0 bridgehead atoms. The molecule has 8 nitrogen and oxygen atoms in total. The van der Waals surface area contributed by atoms with Crippen molar-refractivity contribution in [3.8, 4) is 5.75 Å². The van der Waals surface area contributed by atoms with Gasteiger partial charge in [-0.05, 0) is 50.6 Å². The minimum Gasteiger partial charge on any atom is -0.496 e. The van der Waals surface area contributed by atoms with E-state index in [2.05, 4.69) is 10.6 Å². The van der Waals surface area contributed by atoms with Crippen LogP contribution in [0.3, 0.4) is 0 Å². The third-order valence-electron chi connectivity index (χ3n) is 4.27. The van der Waals surface area contributed by atoms with Gasteiger partial charge in [-0.1, -0.05) is 17.7 Å². The van der Waals surface area contributed by atoms with Gasteiger partial charge >= 0.3 is 12.0 Å². The number of ether oxygens (including phenoxy) is 2. The first kappa shape index (κ1) is 22.6. The van der Waals surface area contributed by atoms with E-state index in [-0.39, 0.29) is 12.2 Å². The molecule has 2 aromatic carbocycles. The van der Waals surface area contributed by atoms with Gasteiger partial charge in [-0.15, -0.1) is 0 Å². The number of nitrogens with one attached hydrogen (secondary N) is 2. The maximum Gasteiger partial charge on any atom is 0.325 e. The van der Waals surface area contributed by atoms with Crippen LogP contribution < -0.4 is 15.4 Å². The molecule has 0 fully saturated rings. The number of hydrogen-bond donors (Lipinski definition) is 2. The van der Waals surface area contributed by atoms with Crippen molar-refractivity contribution in [1.82, 2.24) is 5.32 Å². The van der Waals surface area contributed by atoms with E-state index in [9.17, 15) is 19.2 Å². The Morgan fingerprint density at radius 1 is 1.00 bits per heavy atom. The van der Waals surface area contributed by atoms with Crippen molar-refractivity contribution in [2.45, 2.75) is 27.2 Å². The number of benzene rings is 2. The van der Waals surface area contributed by atoms with Crippen LogP contribution >= 0.6 is 0 Å². The van der Waals surface area contributed by atoms with Crippen LogP contribution in [0.2, 0.25) is 0 Å². The third-order valence-corrected chi connectivity index (χ3v) is 4.27. The van der Waals surface area contributed by atoms with E-state index >= 15 is 0 Å². The maximum absolute atomic E-state index is 12.1. The summed E-state index contributed by atoms with van der Waals surface area (Å²) in [6, 6.07) is 9.47. The second kappa shape index (κ2) is 10.2. The number of urea groups is 1. The molecule has 0 saturated carbocycles. The summed E-state index contributed by atoms with van der Waals surface area (Å²) in [6.07, 6.45) is -0.188. The lowest BCUT2D eigenvalue weighted by atomic mass is 10.0. The van der Waals surface area contributed by atoms with E-state index in [0.29, 0.717) is 22.6 Å². The van der Waals surface area contributed by atoms with Crippen molar-refractivity contribution >= 4 is 29.4 Å². The summed E-state index contributed by atoms with van der Waals surface area (Å²) in [5.41, 5.74) is 3.36. The van der Waals surface area contributed by atoms with E-state index in [1.165, 1.54) is 14.0 Å². The lowest BCUT2D eigenvalue weighted by Gasteiger charge is -2.11. The highest BCUT2D eigenvalue weighted by Gasteiger charge is 2.15. The molecule has 0 atom stereocenters. The molecule has 0 aliphatic heterocycles. The lowest BCUT2D eigenvalue weighted by molar-refractivity contribution is -0.147. The topological polar surface area (TPSA) is 111 Å². The number of hydrogen-bond acceptors (Lipinski definition) is 6. The van der Waals surface area contributed by atoms with Crippen LogP contribution in [-0.2, 0) is 20.7 Å². The largest absolute Gasteiger partial charge is 0.496 e. The fourth-order valence-electron chi connectivity index (χ4n) is 2.76. The molecular weight excluding hydrogens is 388 g/mol. The van der Waals surface area contributed by atoms with E-state index in [0.717, 1.165) is 11.1 Å². The number of carbonyl (C=O) groups is 4. The Bertz CT molecular complexity index is 984. The van der Waals surface area contributed by atoms with Gasteiger partial charge in [0.15, 0.2) is 12.4 Å². The van der Waals surface area contributed by atoms with Crippen molar-refractivity contribution in [2.75, 3.05) is 19.0 Å². The van der Waals surface area contributed by atoms with Gasteiger partial charge in [-0.2, -0.15) is 0 Å². The molecule has 0 radical (unpaired) electrons. The number of esters is 1. The molecule has 0 aliphatic carbocycles. The highest BCUT2D eigenvalue weighted by Crippen LogP contribution is 2.21. The molecule has 2 aromatic rings. The first-order chi connectivity index (χ1) is 14.2. The predicted octanol–water partition coefficient (Wildman–Crippen LogP) is 2.95. The Morgan fingerprint density at radius 2 is 1.73 bits per heavy atom. The SMILES string of the molecule is COc1ccc(C(C)=O)cc1CC(=O)OCC(=O)NC(=O)Nc1ccc(C)cc1C. The van der Waals surface area contributed by atoms with Gasteiger partial charge in [0.1, 0.15) is 5.75 Å². The Morgan fingerprint density at radius 3 is 2.37 bits per heavy atom. The Hall–Kier alpha value is -3.68. The van der Waals surface area contributed by atoms with Gasteiger partial charge < -0.3 is 14.8 Å². The fraction of sp³-hybridized carbons (Fsp3) is 0.273. The van der Waals surface area contributed by atoms with Crippen LogP contribution in [0, 0.1) is 13.8 Å². The van der Waals surface area contributed by atoms with Gasteiger partial charge in [0.2, 0.25) is 0 Å². The number of rotatable bonds is 7. The summed E-state index contributed by atoms with van der Waals surface area (Å²) in [7, 11) is 1.44. The monoisotopic (exact) mass is 412 g/mol. The summed E-state index contributed by atoms with van der Waals surface area (Å²) in [6.45, 7) is 4.56. The number of amides is 3. The molecular formula is C22H24N2O6. The molecule has 8 heteroatoms. The zero-order chi connectivity index (χ0) is 22.3. The van der Waals surface area contributed by atoms with Gasteiger partial charge in [0.25, 0.3) is 5.91 Å². The summed E-state index contributed by atoms with van der Waals surface area (Å²) >= 11 is 0. The normalized spacial score (nSPS) is 10.1. The number of imide groups is 1. The second-order valence-electron chi connectivity index (χ2n) is 6.74. The van der Waals surface area contributed by atoms with E-state index in [4.69, 9.17) is 9.47 Å². The molecule has 158 valence electrons. The Kier molecular flexibility index (Phi) is 7.69. The van der Waals surface area contributed by atoms with Crippen molar-refractivity contribution in [2.24, 2.45) is 0 Å². The van der Waals surface area contributed by atoms with Gasteiger partial charge in [0.05, 0.1) is 13.5 Å². The molecule has 0 saturated heterocycles. The third kappa shape index (κ3) is 6.44. The highest BCUT2D eigenvalue weighted by molar-refractivity contribution is 6.02. The lowest BCUT2D eigenvalue weighted by Crippen LogP contribution is -2.37. The average Bonchev–Trinajstić information content (AvgIpc) is 2.68. The summed E-state index contributed by atoms with van der Waals surface area (Å²) in [4.78, 5) is 47.4. The number of aryl methyl sites for hydroxylation is 2. The van der Waals surface area contributed by atoms with E-state index in [1.54, 1.807) is 24.3 Å². The Balaban J connectivity index is 1.87. The van der Waals surface area contributed by atoms with Crippen LogP contribution in [0.25, 0.3) is 0 Å². The molecule has 0 heterocycles. The number of ketones is 1. The second-order valence-corrected chi connectivity index (χ2v) is 6.74. The zero-order valence-corrected chi connectivity index (χ0v) is 17.3. The van der Waals surface area contributed by atoms with Crippen molar-refractivity contribution in [3.63, 3.8) is 0 Å². The molecule has 0 aromatic heterocycles. The molecule has 0 aliphatic rings. The first-order valence-corrected chi connectivity index (χ1v) is 9.21. The Labute approximate surface area is 174 Å². The van der Waals surface area contributed by atoms with Crippen LogP contribution in [0.15, 0.2) is 36.4 Å². The molecule has 0 unspecified atom stereocenters. The summed E-state index contributed by atoms with van der Waals surface area (Å²) < 4.78 is 10.1. The quantitative estimate of drug-likeness (QED) is 0.534. The standard InChI is InChI=1S/C22H24N2O6/c1-13-5-7-18(14(2)9-13)23-22(28)24-20(26)12-30-21(27)11-17-10-16(15(3)25)6-8-19(17)29-4/h5-10H,11-12H2,1-4H3,(H2,23,24,26,28). The van der Waals surface area contributed by atoms with Crippen molar-refractivity contribution < 1.29 is 28.7 Å². The molecule has 0 spiro atoms. The van der Waals surface area contributed by atoms with Crippen LogP contribution in [0.4, 0.5) is 10.5 Å². The smallest absolute Gasteiger partial charge is 0.325 e. The van der Waals surface area contributed by atoms with E-state index < -0.39 is 24.5 Å². The number of Topliss-reactive ketones (excluding diaryl/α,β-unsaturated/α-hetero) is 1. The predicted molar refractivity (Wildman–Crippen MR) is 111 cm³/mol. The highest BCUT2D eigenvalue weighted by atomic mass is 16.5. The van der Waals surface area contributed by atoms with Gasteiger partial charge in [0, 0.05) is 16.8 Å². The van der Waals surface area contributed by atoms with Gasteiger partial charge in [-0.3, -0.25) is 19.7 Å². The molecule has 2 rings (SSSR count).